The van der Waals surface area contributed by atoms with Crippen molar-refractivity contribution < 1.29 is 13.9 Å². The lowest BCUT2D eigenvalue weighted by Gasteiger charge is -2.39. The van der Waals surface area contributed by atoms with Crippen LogP contribution in [-0.2, 0) is 5.54 Å². The Kier molecular flexibility index (Phi) is 5.19. The van der Waals surface area contributed by atoms with E-state index in [1.165, 1.54) is 12.3 Å². The van der Waals surface area contributed by atoms with E-state index in [0.29, 0.717) is 45.8 Å². The number of urea groups is 1. The van der Waals surface area contributed by atoms with Crippen molar-refractivity contribution in [1.82, 2.24) is 15.3 Å². The van der Waals surface area contributed by atoms with Crippen molar-refractivity contribution in [1.29, 1.82) is 0 Å². The highest BCUT2D eigenvalue weighted by molar-refractivity contribution is 9.10. The molecule has 0 radical (unpaired) electrons. The zero-order chi connectivity index (χ0) is 20.4. The van der Waals surface area contributed by atoms with Gasteiger partial charge in [-0.05, 0) is 58.2 Å². The summed E-state index contributed by atoms with van der Waals surface area (Å²) in [6, 6.07) is 9.77. The molecule has 6 nitrogen and oxygen atoms in total. The molecule has 2 aromatic heterocycles. The Bertz CT molecular complexity index is 1080. The fourth-order valence-corrected chi connectivity index (χ4v) is 3.73. The Morgan fingerprint density at radius 3 is 2.93 bits per heavy atom. The molecule has 4 rings (SSSR count). The summed E-state index contributed by atoms with van der Waals surface area (Å²) in [7, 11) is 0. The third-order valence-electron chi connectivity index (χ3n) is 4.92. The number of pyridine rings is 2. The second kappa shape index (κ2) is 7.79. The van der Waals surface area contributed by atoms with E-state index in [9.17, 15) is 9.18 Å². The van der Waals surface area contributed by atoms with Crippen LogP contribution < -0.4 is 15.4 Å². The summed E-state index contributed by atoms with van der Waals surface area (Å²) < 4.78 is 20.8. The van der Waals surface area contributed by atoms with Gasteiger partial charge in [-0.15, -0.1) is 0 Å². The average Bonchev–Trinajstić information content (AvgIpc) is 2.72. The molecule has 0 spiro atoms. The first kappa shape index (κ1) is 19.3. The highest BCUT2D eigenvalue weighted by Gasteiger charge is 2.42. The largest absolute Gasteiger partial charge is 0.491 e. The quantitative estimate of drug-likeness (QED) is 0.606. The molecule has 0 aliphatic carbocycles. The molecule has 1 atom stereocenters. The van der Waals surface area contributed by atoms with Gasteiger partial charge in [0.05, 0.1) is 18.5 Å². The molecule has 0 fully saturated rings. The van der Waals surface area contributed by atoms with Crippen LogP contribution in [0.3, 0.4) is 0 Å². The van der Waals surface area contributed by atoms with Gasteiger partial charge >= 0.3 is 6.03 Å². The number of anilines is 1. The molecule has 0 saturated carbocycles. The molecule has 8 heteroatoms. The summed E-state index contributed by atoms with van der Waals surface area (Å²) in [5.41, 5.74) is 1.14. The first-order valence-corrected chi connectivity index (χ1v) is 9.82. The molecule has 0 saturated heterocycles. The van der Waals surface area contributed by atoms with Gasteiger partial charge in [0.2, 0.25) is 0 Å². The van der Waals surface area contributed by atoms with E-state index in [1.807, 2.05) is 6.07 Å². The van der Waals surface area contributed by atoms with Crippen molar-refractivity contribution in [2.24, 2.45) is 0 Å². The standard InChI is InChI=1S/C21H18BrFN4O2/c1-13-4-5-14(11-16(13)23)21(7-10-29-18-3-2-8-25-19(18)21)27-20(28)26-17-12-24-9-6-15(17)22/h2-6,8-9,11-12H,7,10H2,1H3,(H2,26,27,28)/t21-/m0/s1. The number of fused-ring (bicyclic) bond motifs is 1. The smallest absolute Gasteiger partial charge is 0.320 e. The molecular formula is C21H18BrFN4O2. The zero-order valence-electron chi connectivity index (χ0n) is 15.6. The van der Waals surface area contributed by atoms with Crippen LogP contribution in [0.1, 0.15) is 23.2 Å². The van der Waals surface area contributed by atoms with E-state index >= 15 is 0 Å². The van der Waals surface area contributed by atoms with Gasteiger partial charge in [-0.1, -0.05) is 12.1 Å². The second-order valence-electron chi connectivity index (χ2n) is 6.75. The molecule has 3 heterocycles. The molecule has 29 heavy (non-hydrogen) atoms. The van der Waals surface area contributed by atoms with Crippen molar-refractivity contribution in [3.05, 3.63) is 82.1 Å². The van der Waals surface area contributed by atoms with Crippen molar-refractivity contribution >= 4 is 27.6 Å². The number of hydrogen-bond acceptors (Lipinski definition) is 4. The molecule has 1 aliphatic rings. The van der Waals surface area contributed by atoms with E-state index in [4.69, 9.17) is 4.74 Å². The van der Waals surface area contributed by atoms with E-state index in [2.05, 4.69) is 36.5 Å². The minimum atomic E-state index is -1.04. The first-order valence-electron chi connectivity index (χ1n) is 9.03. The van der Waals surface area contributed by atoms with Gasteiger partial charge < -0.3 is 15.4 Å². The Hall–Kier alpha value is -3.00. The van der Waals surface area contributed by atoms with Crippen molar-refractivity contribution in [3.63, 3.8) is 0 Å². The van der Waals surface area contributed by atoms with Crippen LogP contribution in [0.4, 0.5) is 14.9 Å². The van der Waals surface area contributed by atoms with Crippen LogP contribution in [0.5, 0.6) is 5.75 Å². The number of aromatic nitrogens is 2. The number of benzene rings is 1. The van der Waals surface area contributed by atoms with Crippen LogP contribution in [-0.4, -0.2) is 22.6 Å². The Labute approximate surface area is 175 Å². The van der Waals surface area contributed by atoms with Gasteiger partial charge in [0, 0.05) is 23.3 Å². The predicted molar refractivity (Wildman–Crippen MR) is 110 cm³/mol. The van der Waals surface area contributed by atoms with Crippen LogP contribution in [0.25, 0.3) is 0 Å². The van der Waals surface area contributed by atoms with Crippen LogP contribution in [0.15, 0.2) is 59.5 Å². The second-order valence-corrected chi connectivity index (χ2v) is 7.61. The lowest BCUT2D eigenvalue weighted by atomic mass is 9.81. The fraction of sp³-hybridized carbons (Fsp3) is 0.190. The summed E-state index contributed by atoms with van der Waals surface area (Å²) >= 11 is 3.39. The number of carbonyl (C=O) groups excluding carboxylic acids is 1. The Balaban J connectivity index is 1.77. The number of amides is 2. The van der Waals surface area contributed by atoms with Crippen molar-refractivity contribution in [3.8, 4) is 5.75 Å². The lowest BCUT2D eigenvalue weighted by Crippen LogP contribution is -2.51. The Morgan fingerprint density at radius 1 is 1.28 bits per heavy atom. The van der Waals surface area contributed by atoms with E-state index in [-0.39, 0.29) is 5.82 Å². The monoisotopic (exact) mass is 456 g/mol. The molecule has 1 aliphatic heterocycles. The van der Waals surface area contributed by atoms with Gasteiger partial charge in [0.25, 0.3) is 0 Å². The van der Waals surface area contributed by atoms with Gasteiger partial charge in [-0.25, -0.2) is 9.18 Å². The molecule has 148 valence electrons. The summed E-state index contributed by atoms with van der Waals surface area (Å²) in [6.45, 7) is 2.05. The van der Waals surface area contributed by atoms with Gasteiger partial charge in [0.15, 0.2) is 0 Å². The predicted octanol–water partition coefficient (Wildman–Crippen LogP) is 4.53. The number of hydrogen-bond donors (Lipinski definition) is 2. The van der Waals surface area contributed by atoms with E-state index in [1.54, 1.807) is 43.6 Å². The van der Waals surface area contributed by atoms with E-state index < -0.39 is 11.6 Å². The molecular weight excluding hydrogens is 439 g/mol. The normalized spacial score (nSPS) is 17.8. The molecule has 0 unspecified atom stereocenters. The van der Waals surface area contributed by atoms with Crippen molar-refractivity contribution in [2.75, 3.05) is 11.9 Å². The minimum Gasteiger partial charge on any atom is -0.491 e. The number of rotatable bonds is 3. The number of aryl methyl sites for hydroxylation is 1. The summed E-state index contributed by atoms with van der Waals surface area (Å²) in [4.78, 5) is 21.4. The third kappa shape index (κ3) is 3.67. The van der Waals surface area contributed by atoms with Gasteiger partial charge in [0.1, 0.15) is 22.8 Å². The van der Waals surface area contributed by atoms with Crippen molar-refractivity contribution in [2.45, 2.75) is 18.9 Å². The molecule has 0 bridgehead atoms. The average molecular weight is 457 g/mol. The number of ether oxygens (including phenoxy) is 1. The topological polar surface area (TPSA) is 76.1 Å². The maximum Gasteiger partial charge on any atom is 0.320 e. The van der Waals surface area contributed by atoms with Gasteiger partial charge in [-0.3, -0.25) is 9.97 Å². The molecule has 1 aromatic carbocycles. The van der Waals surface area contributed by atoms with Gasteiger partial charge in [-0.2, -0.15) is 0 Å². The Morgan fingerprint density at radius 2 is 2.14 bits per heavy atom. The summed E-state index contributed by atoms with van der Waals surface area (Å²) in [5, 5.41) is 5.81. The summed E-state index contributed by atoms with van der Waals surface area (Å²) in [5.74, 6) is 0.214. The number of carbonyl (C=O) groups is 1. The minimum absolute atomic E-state index is 0.344. The van der Waals surface area contributed by atoms with Crippen LogP contribution >= 0.6 is 15.9 Å². The molecule has 2 amide bonds. The van der Waals surface area contributed by atoms with E-state index in [0.717, 1.165) is 0 Å². The fourth-order valence-electron chi connectivity index (χ4n) is 3.41. The molecule has 3 aromatic rings. The van der Waals surface area contributed by atoms with Crippen LogP contribution in [0, 0.1) is 12.7 Å². The number of nitrogens with zero attached hydrogens (tertiary/aromatic N) is 2. The third-order valence-corrected chi connectivity index (χ3v) is 5.61. The van der Waals surface area contributed by atoms with Crippen LogP contribution in [0.2, 0.25) is 0 Å². The highest BCUT2D eigenvalue weighted by Crippen LogP contribution is 2.41. The number of halogens is 2. The molecule has 2 N–H and O–H groups in total. The highest BCUT2D eigenvalue weighted by atomic mass is 79.9. The first-order chi connectivity index (χ1) is 14.0. The summed E-state index contributed by atoms with van der Waals surface area (Å²) in [6.07, 6.45) is 5.19. The maximum absolute atomic E-state index is 14.4. The lowest BCUT2D eigenvalue weighted by molar-refractivity contribution is 0.200. The maximum atomic E-state index is 14.4. The number of nitrogens with one attached hydrogen (secondary N) is 2. The SMILES string of the molecule is Cc1ccc([C@@]2(NC(=O)Nc3cnccc3Br)CCOc3cccnc32)cc1F. The zero-order valence-corrected chi connectivity index (χ0v) is 17.2.